The maximum atomic E-state index is 13.6. The molecule has 2 aromatic heterocycles. The fourth-order valence-electron chi connectivity index (χ4n) is 4.27. The molecule has 0 aliphatic carbocycles. The van der Waals surface area contributed by atoms with Crippen molar-refractivity contribution in [3.05, 3.63) is 69.3 Å². The van der Waals surface area contributed by atoms with Crippen molar-refractivity contribution < 1.29 is 4.79 Å². The fraction of sp³-hybridized carbons (Fsp3) is 0.304. The second-order valence-electron chi connectivity index (χ2n) is 7.76. The summed E-state index contributed by atoms with van der Waals surface area (Å²) in [5.74, 6) is 0.0280. The summed E-state index contributed by atoms with van der Waals surface area (Å²) in [7, 11) is 2.08. The summed E-state index contributed by atoms with van der Waals surface area (Å²) in [4.78, 5) is 32.2. The van der Waals surface area contributed by atoms with Crippen molar-refractivity contribution in [2.45, 2.75) is 13.0 Å². The number of aromatic nitrogens is 1. The van der Waals surface area contributed by atoms with E-state index in [2.05, 4.69) is 23.4 Å². The molecule has 2 aliphatic rings. The second kappa shape index (κ2) is 7.28. The second-order valence-corrected chi connectivity index (χ2v) is 8.68. The maximum absolute atomic E-state index is 13.6. The number of fused-ring (bicyclic) bond motifs is 3. The Morgan fingerprint density at radius 3 is 2.52 bits per heavy atom. The van der Waals surface area contributed by atoms with Crippen LogP contribution in [0.1, 0.15) is 15.9 Å². The molecule has 29 heavy (non-hydrogen) atoms. The molecule has 0 saturated carbocycles. The molecular weight excluding hydrogens is 382 g/mol. The van der Waals surface area contributed by atoms with Gasteiger partial charge in [-0.3, -0.25) is 9.59 Å². The number of nitrogens with zero attached hydrogens (tertiary/aromatic N) is 3. The Morgan fingerprint density at radius 1 is 1.00 bits per heavy atom. The lowest BCUT2D eigenvalue weighted by atomic mass is 9.97. The van der Waals surface area contributed by atoms with E-state index in [1.54, 1.807) is 11.3 Å². The van der Waals surface area contributed by atoms with Crippen LogP contribution in [-0.4, -0.2) is 53.5 Å². The molecule has 6 heteroatoms. The van der Waals surface area contributed by atoms with E-state index in [-0.39, 0.29) is 11.5 Å². The van der Waals surface area contributed by atoms with Crippen molar-refractivity contribution in [3.63, 3.8) is 0 Å². The van der Waals surface area contributed by atoms with Gasteiger partial charge in [-0.1, -0.05) is 30.3 Å². The minimum absolute atomic E-state index is 0.0137. The first-order valence-corrected chi connectivity index (χ1v) is 10.9. The van der Waals surface area contributed by atoms with Crippen LogP contribution in [0.4, 0.5) is 0 Å². The lowest BCUT2D eigenvalue weighted by Crippen LogP contribution is -2.47. The summed E-state index contributed by atoms with van der Waals surface area (Å²) in [5, 5.41) is 2.06. The van der Waals surface area contributed by atoms with Crippen LogP contribution in [0, 0.1) is 0 Å². The van der Waals surface area contributed by atoms with E-state index in [1.807, 2.05) is 45.9 Å². The van der Waals surface area contributed by atoms with Gasteiger partial charge in [-0.2, -0.15) is 0 Å². The summed E-state index contributed by atoms with van der Waals surface area (Å²) in [5.41, 5.74) is 4.13. The van der Waals surface area contributed by atoms with E-state index in [4.69, 9.17) is 0 Å². The van der Waals surface area contributed by atoms with Crippen LogP contribution in [0.3, 0.4) is 0 Å². The standard InChI is InChI=1S/C23H23N3O2S/c1-24-10-12-25(13-11-24)22(27)19-15-18(16-5-3-2-4-6-16)23(28)26-9-7-17-8-14-29-21(17)20(19)26/h2-6,8,14-15H,7,9-13H2,1H3. The van der Waals surface area contributed by atoms with Gasteiger partial charge in [0.05, 0.1) is 16.1 Å². The molecule has 1 saturated heterocycles. The minimum Gasteiger partial charge on any atom is -0.336 e. The molecule has 0 spiro atoms. The van der Waals surface area contributed by atoms with E-state index >= 15 is 0 Å². The molecular formula is C23H23N3O2S. The number of aryl methyl sites for hydroxylation is 1. The maximum Gasteiger partial charge on any atom is 0.258 e. The summed E-state index contributed by atoms with van der Waals surface area (Å²) in [6.07, 6.45) is 0.826. The number of piperazine rings is 1. The number of carbonyl (C=O) groups is 1. The minimum atomic E-state index is -0.0137. The highest BCUT2D eigenvalue weighted by Crippen LogP contribution is 2.37. The molecule has 2 aliphatic heterocycles. The summed E-state index contributed by atoms with van der Waals surface area (Å²) in [6, 6.07) is 13.6. The van der Waals surface area contributed by atoms with Crippen molar-refractivity contribution in [2.24, 2.45) is 0 Å². The van der Waals surface area contributed by atoms with E-state index in [0.29, 0.717) is 30.8 Å². The van der Waals surface area contributed by atoms with Crippen LogP contribution in [0.25, 0.3) is 21.7 Å². The van der Waals surface area contributed by atoms with Crippen LogP contribution in [0.15, 0.2) is 52.6 Å². The number of hydrogen-bond donors (Lipinski definition) is 0. The highest BCUT2D eigenvalue weighted by Gasteiger charge is 2.30. The summed E-state index contributed by atoms with van der Waals surface area (Å²) in [6.45, 7) is 3.78. The number of likely N-dealkylation sites (N-methyl/N-ethyl adjacent to an activating group) is 1. The monoisotopic (exact) mass is 405 g/mol. The van der Waals surface area contributed by atoms with Crippen LogP contribution in [0.2, 0.25) is 0 Å². The molecule has 3 aromatic rings. The van der Waals surface area contributed by atoms with Crippen molar-refractivity contribution in [1.82, 2.24) is 14.4 Å². The first-order valence-electron chi connectivity index (χ1n) is 10.0. The number of pyridine rings is 1. The Bertz CT molecular complexity index is 1120. The molecule has 1 amide bonds. The number of thiophene rings is 1. The molecule has 4 heterocycles. The van der Waals surface area contributed by atoms with Gasteiger partial charge in [-0.15, -0.1) is 11.3 Å². The Hall–Kier alpha value is -2.70. The number of amides is 1. The topological polar surface area (TPSA) is 45.6 Å². The zero-order valence-electron chi connectivity index (χ0n) is 16.4. The summed E-state index contributed by atoms with van der Waals surface area (Å²) < 4.78 is 1.82. The predicted molar refractivity (Wildman–Crippen MR) is 117 cm³/mol. The lowest BCUT2D eigenvalue weighted by Gasteiger charge is -2.33. The molecule has 5 nitrogen and oxygen atoms in total. The van der Waals surface area contributed by atoms with Gasteiger partial charge < -0.3 is 14.4 Å². The van der Waals surface area contributed by atoms with Gasteiger partial charge in [0.15, 0.2) is 0 Å². The van der Waals surface area contributed by atoms with Gasteiger partial charge in [0.2, 0.25) is 0 Å². The number of hydrogen-bond acceptors (Lipinski definition) is 4. The fourth-order valence-corrected chi connectivity index (χ4v) is 5.29. The highest BCUT2D eigenvalue weighted by atomic mass is 32.1. The van der Waals surface area contributed by atoms with Gasteiger partial charge in [0.1, 0.15) is 0 Å². The Kier molecular flexibility index (Phi) is 4.60. The van der Waals surface area contributed by atoms with Crippen molar-refractivity contribution in [1.29, 1.82) is 0 Å². The van der Waals surface area contributed by atoms with Crippen LogP contribution in [0.5, 0.6) is 0 Å². The third-order valence-corrected chi connectivity index (χ3v) is 6.92. The molecule has 5 rings (SSSR count). The Balaban J connectivity index is 1.70. The normalized spacial score (nSPS) is 16.4. The average Bonchev–Trinajstić information content (AvgIpc) is 3.24. The number of rotatable bonds is 2. The van der Waals surface area contributed by atoms with Crippen LogP contribution in [-0.2, 0) is 13.0 Å². The van der Waals surface area contributed by atoms with E-state index in [0.717, 1.165) is 35.6 Å². The van der Waals surface area contributed by atoms with Gasteiger partial charge in [-0.05, 0) is 42.1 Å². The van der Waals surface area contributed by atoms with Gasteiger partial charge in [0, 0.05) is 38.3 Å². The molecule has 0 radical (unpaired) electrons. The molecule has 1 aromatic carbocycles. The predicted octanol–water partition coefficient (Wildman–Crippen LogP) is 3.19. The first kappa shape index (κ1) is 18.3. The zero-order chi connectivity index (χ0) is 20.0. The van der Waals surface area contributed by atoms with E-state index in [1.165, 1.54) is 5.56 Å². The molecule has 0 bridgehead atoms. The Morgan fingerprint density at radius 2 is 1.76 bits per heavy atom. The third-order valence-electron chi connectivity index (χ3n) is 5.96. The molecule has 0 unspecified atom stereocenters. The van der Waals surface area contributed by atoms with Crippen molar-refractivity contribution in [2.75, 3.05) is 33.2 Å². The largest absolute Gasteiger partial charge is 0.336 e. The van der Waals surface area contributed by atoms with Gasteiger partial charge in [-0.25, -0.2) is 0 Å². The van der Waals surface area contributed by atoms with E-state index in [9.17, 15) is 9.59 Å². The molecule has 0 atom stereocenters. The molecule has 148 valence electrons. The first-order chi connectivity index (χ1) is 14.1. The molecule has 0 N–H and O–H groups in total. The summed E-state index contributed by atoms with van der Waals surface area (Å²) >= 11 is 1.62. The molecule has 1 fully saturated rings. The van der Waals surface area contributed by atoms with Crippen molar-refractivity contribution >= 4 is 17.2 Å². The van der Waals surface area contributed by atoms with Crippen LogP contribution < -0.4 is 5.56 Å². The SMILES string of the molecule is CN1CCN(C(=O)c2cc(-c3ccccc3)c(=O)n3c2-c2sccc2CC3)CC1. The number of benzene rings is 1. The quantitative estimate of drug-likeness (QED) is 0.658. The highest BCUT2D eigenvalue weighted by molar-refractivity contribution is 7.13. The van der Waals surface area contributed by atoms with Crippen molar-refractivity contribution in [3.8, 4) is 21.7 Å². The lowest BCUT2D eigenvalue weighted by molar-refractivity contribution is 0.0664. The zero-order valence-corrected chi connectivity index (χ0v) is 17.2. The van der Waals surface area contributed by atoms with E-state index < -0.39 is 0 Å². The Labute approximate surface area is 173 Å². The number of carbonyl (C=O) groups excluding carboxylic acids is 1. The third kappa shape index (κ3) is 3.12. The average molecular weight is 406 g/mol. The smallest absolute Gasteiger partial charge is 0.258 e. The van der Waals surface area contributed by atoms with Gasteiger partial charge >= 0.3 is 0 Å². The van der Waals surface area contributed by atoms with Crippen LogP contribution >= 0.6 is 11.3 Å². The van der Waals surface area contributed by atoms with Gasteiger partial charge in [0.25, 0.3) is 11.5 Å².